The summed E-state index contributed by atoms with van der Waals surface area (Å²) in [6.07, 6.45) is 0.883. The summed E-state index contributed by atoms with van der Waals surface area (Å²) in [6, 6.07) is 5.05. The Morgan fingerprint density at radius 3 is 2.52 bits per heavy atom. The molecule has 0 fully saturated rings. The van der Waals surface area contributed by atoms with Crippen LogP contribution in [-0.2, 0) is 27.7 Å². The molecule has 0 amide bonds. The summed E-state index contributed by atoms with van der Waals surface area (Å²) in [5.41, 5.74) is 2.20. The second-order valence-corrected chi connectivity index (χ2v) is 6.76. The highest BCUT2D eigenvalue weighted by Gasteiger charge is 2.18. The summed E-state index contributed by atoms with van der Waals surface area (Å²) in [7, 11) is -1.96. The molecule has 0 spiro atoms. The predicted molar refractivity (Wildman–Crippen MR) is 84.9 cm³/mol. The van der Waals surface area contributed by atoms with Crippen LogP contribution in [0.15, 0.2) is 23.1 Å². The van der Waals surface area contributed by atoms with E-state index in [-0.39, 0.29) is 6.04 Å². The fraction of sp³-hybridized carbons (Fsp3) is 0.600. The Labute approximate surface area is 128 Å². The van der Waals surface area contributed by atoms with Gasteiger partial charge in [-0.2, -0.15) is 0 Å². The van der Waals surface area contributed by atoms with Crippen LogP contribution in [0.1, 0.15) is 31.9 Å². The summed E-state index contributed by atoms with van der Waals surface area (Å²) in [5.74, 6) is 0. The third kappa shape index (κ3) is 5.39. The molecule has 2 N–H and O–H groups in total. The summed E-state index contributed by atoms with van der Waals surface area (Å²) >= 11 is 0. The smallest absolute Gasteiger partial charge is 0.240 e. The molecule has 1 unspecified atom stereocenters. The van der Waals surface area contributed by atoms with Crippen molar-refractivity contribution < 1.29 is 13.2 Å². The van der Waals surface area contributed by atoms with Gasteiger partial charge in [0.25, 0.3) is 0 Å². The van der Waals surface area contributed by atoms with E-state index >= 15 is 0 Å². The van der Waals surface area contributed by atoms with E-state index in [2.05, 4.69) is 17.0 Å². The zero-order valence-electron chi connectivity index (χ0n) is 13.3. The number of aryl methyl sites for hydroxylation is 1. The average Bonchev–Trinajstić information content (AvgIpc) is 2.44. The first-order valence-electron chi connectivity index (χ1n) is 7.28. The third-order valence-electron chi connectivity index (χ3n) is 3.21. The molecular formula is C15H26N2O3S. The lowest BCUT2D eigenvalue weighted by molar-refractivity contribution is 0.180. The maximum Gasteiger partial charge on any atom is 0.240 e. The lowest BCUT2D eigenvalue weighted by Gasteiger charge is -2.15. The minimum absolute atomic E-state index is 0.261. The molecule has 5 nitrogen and oxygen atoms in total. The molecule has 0 aliphatic heterocycles. The molecule has 0 bridgehead atoms. The van der Waals surface area contributed by atoms with E-state index in [0.29, 0.717) is 18.0 Å². The molecule has 0 aliphatic rings. The van der Waals surface area contributed by atoms with Gasteiger partial charge in [-0.05, 0) is 43.1 Å². The molecule has 1 rings (SSSR count). The highest BCUT2D eigenvalue weighted by Crippen LogP contribution is 2.17. The van der Waals surface area contributed by atoms with Crippen molar-refractivity contribution >= 4 is 10.0 Å². The Kier molecular flexibility index (Phi) is 7.31. The van der Waals surface area contributed by atoms with Crippen LogP contribution < -0.4 is 10.0 Å². The maximum absolute atomic E-state index is 12.4. The molecule has 0 saturated heterocycles. The molecule has 0 saturated carbocycles. The highest BCUT2D eigenvalue weighted by atomic mass is 32.2. The van der Waals surface area contributed by atoms with Crippen molar-refractivity contribution in [2.45, 2.75) is 44.7 Å². The van der Waals surface area contributed by atoms with E-state index in [0.717, 1.165) is 18.5 Å². The van der Waals surface area contributed by atoms with Crippen molar-refractivity contribution in [1.29, 1.82) is 0 Å². The van der Waals surface area contributed by atoms with Crippen molar-refractivity contribution in [3.05, 3.63) is 29.3 Å². The van der Waals surface area contributed by atoms with E-state index in [1.165, 1.54) is 5.56 Å². The number of hydrogen-bond donors (Lipinski definition) is 2. The molecule has 0 aliphatic carbocycles. The number of nitrogens with one attached hydrogen (secondary N) is 2. The van der Waals surface area contributed by atoms with Gasteiger partial charge in [0.05, 0.1) is 11.5 Å². The molecule has 6 heteroatoms. The molecular weight excluding hydrogens is 288 g/mol. The minimum atomic E-state index is -3.51. The van der Waals surface area contributed by atoms with Gasteiger partial charge < -0.3 is 10.1 Å². The number of sulfonamides is 1. The zero-order valence-corrected chi connectivity index (χ0v) is 14.1. The van der Waals surface area contributed by atoms with E-state index in [1.807, 2.05) is 13.0 Å². The van der Waals surface area contributed by atoms with Crippen molar-refractivity contribution in [3.8, 4) is 0 Å². The SMILES string of the molecule is CCNCc1cc(S(=O)(=O)NC(C)COC)ccc1CC. The normalized spacial score (nSPS) is 13.3. The zero-order chi connectivity index (χ0) is 15.9. The molecule has 0 radical (unpaired) electrons. The number of hydrogen-bond acceptors (Lipinski definition) is 4. The average molecular weight is 314 g/mol. The fourth-order valence-corrected chi connectivity index (χ4v) is 3.43. The van der Waals surface area contributed by atoms with Gasteiger partial charge in [-0.3, -0.25) is 0 Å². The Hall–Kier alpha value is -0.950. The summed E-state index contributed by atoms with van der Waals surface area (Å²) < 4.78 is 32.3. The molecule has 1 atom stereocenters. The van der Waals surface area contributed by atoms with Gasteiger partial charge in [0.15, 0.2) is 0 Å². The molecule has 21 heavy (non-hydrogen) atoms. The highest BCUT2D eigenvalue weighted by molar-refractivity contribution is 7.89. The quantitative estimate of drug-likeness (QED) is 0.727. The standard InChI is InChI=1S/C15H26N2O3S/c1-5-13-7-8-15(9-14(13)10-16-6-2)21(18,19)17-12(3)11-20-4/h7-9,12,16-17H,5-6,10-11H2,1-4H3. The van der Waals surface area contributed by atoms with Crippen molar-refractivity contribution in [2.24, 2.45) is 0 Å². The van der Waals surface area contributed by atoms with Crippen molar-refractivity contribution in [1.82, 2.24) is 10.0 Å². The summed E-state index contributed by atoms with van der Waals surface area (Å²) in [5, 5.41) is 3.24. The maximum atomic E-state index is 12.4. The number of benzene rings is 1. The van der Waals surface area contributed by atoms with E-state index in [4.69, 9.17) is 4.74 Å². The van der Waals surface area contributed by atoms with E-state index < -0.39 is 10.0 Å². The molecule has 0 aromatic heterocycles. The second kappa shape index (κ2) is 8.48. The monoisotopic (exact) mass is 314 g/mol. The third-order valence-corrected chi connectivity index (χ3v) is 4.79. The first-order chi connectivity index (χ1) is 9.94. The van der Waals surface area contributed by atoms with Gasteiger partial charge in [0, 0.05) is 19.7 Å². The first-order valence-corrected chi connectivity index (χ1v) is 8.76. The molecule has 120 valence electrons. The van der Waals surface area contributed by atoms with Crippen molar-refractivity contribution in [2.75, 3.05) is 20.3 Å². The Bertz CT molecular complexity index is 544. The van der Waals surface area contributed by atoms with Crippen molar-refractivity contribution in [3.63, 3.8) is 0 Å². The van der Waals surface area contributed by atoms with E-state index in [1.54, 1.807) is 26.2 Å². The van der Waals surface area contributed by atoms with Crippen LogP contribution in [0.2, 0.25) is 0 Å². The van der Waals surface area contributed by atoms with Crippen LogP contribution in [-0.4, -0.2) is 34.7 Å². The van der Waals surface area contributed by atoms with Gasteiger partial charge in [-0.1, -0.05) is 19.9 Å². The van der Waals surface area contributed by atoms with Gasteiger partial charge in [0.2, 0.25) is 10.0 Å². The van der Waals surface area contributed by atoms with Crippen LogP contribution in [0, 0.1) is 0 Å². The second-order valence-electron chi connectivity index (χ2n) is 5.04. The Morgan fingerprint density at radius 1 is 1.24 bits per heavy atom. The van der Waals surface area contributed by atoms with Crippen LogP contribution in [0.4, 0.5) is 0 Å². The first kappa shape index (κ1) is 18.1. The molecule has 1 aromatic carbocycles. The minimum Gasteiger partial charge on any atom is -0.383 e. The predicted octanol–water partition coefficient (Wildman–Crippen LogP) is 1.67. The van der Waals surface area contributed by atoms with Crippen LogP contribution in [0.25, 0.3) is 0 Å². The van der Waals surface area contributed by atoms with Gasteiger partial charge in [-0.15, -0.1) is 0 Å². The van der Waals surface area contributed by atoms with Crippen LogP contribution in [0.3, 0.4) is 0 Å². The molecule has 1 aromatic rings. The summed E-state index contributed by atoms with van der Waals surface area (Å²) in [6.45, 7) is 7.75. The number of methoxy groups -OCH3 is 1. The lowest BCUT2D eigenvalue weighted by Crippen LogP contribution is -2.35. The van der Waals surface area contributed by atoms with Crippen LogP contribution >= 0.6 is 0 Å². The number of rotatable bonds is 9. The lowest BCUT2D eigenvalue weighted by atomic mass is 10.1. The summed E-state index contributed by atoms with van der Waals surface area (Å²) in [4.78, 5) is 0.301. The van der Waals surface area contributed by atoms with Gasteiger partial charge >= 0.3 is 0 Å². The topological polar surface area (TPSA) is 67.4 Å². The van der Waals surface area contributed by atoms with Gasteiger partial charge in [-0.25, -0.2) is 13.1 Å². The fourth-order valence-electron chi connectivity index (χ4n) is 2.16. The van der Waals surface area contributed by atoms with Crippen LogP contribution in [0.5, 0.6) is 0 Å². The number of ether oxygens (including phenoxy) is 1. The largest absolute Gasteiger partial charge is 0.383 e. The Morgan fingerprint density at radius 2 is 1.95 bits per heavy atom. The Balaban J connectivity index is 3.01. The van der Waals surface area contributed by atoms with E-state index in [9.17, 15) is 8.42 Å². The molecule has 0 heterocycles. The van der Waals surface area contributed by atoms with Gasteiger partial charge in [0.1, 0.15) is 0 Å².